The molecule has 0 saturated heterocycles. The van der Waals surface area contributed by atoms with E-state index in [1.54, 1.807) is 0 Å². The van der Waals surface area contributed by atoms with Gasteiger partial charge in [0.1, 0.15) is 0 Å². The first kappa shape index (κ1) is 5.58. The molecule has 0 amide bonds. The molecule has 0 unspecified atom stereocenters. The second-order valence-corrected chi connectivity index (χ2v) is 3.90. The third-order valence-electron chi connectivity index (χ3n) is 2.83. The van der Waals surface area contributed by atoms with Crippen LogP contribution in [0.2, 0.25) is 0 Å². The third-order valence-corrected chi connectivity index (χ3v) is 2.83. The van der Waals surface area contributed by atoms with E-state index in [0.717, 1.165) is 31.6 Å². The van der Waals surface area contributed by atoms with Gasteiger partial charge in [-0.15, -0.1) is 0 Å². The number of hydrogen-bond acceptors (Lipinski definition) is 1. The highest BCUT2D eigenvalue weighted by atomic mass is 16.5. The second-order valence-electron chi connectivity index (χ2n) is 3.90. The molecule has 0 heterocycles. The summed E-state index contributed by atoms with van der Waals surface area (Å²) >= 11 is 0. The van der Waals surface area contributed by atoms with Crippen LogP contribution >= 0.6 is 0 Å². The molecule has 0 radical (unpaired) electrons. The number of rotatable bonds is 2. The fourth-order valence-corrected chi connectivity index (χ4v) is 1.87. The van der Waals surface area contributed by atoms with Gasteiger partial charge in [0.2, 0.25) is 0 Å². The number of ether oxygens (including phenoxy) is 1. The van der Waals surface area contributed by atoms with E-state index >= 15 is 0 Å². The first-order valence-corrected chi connectivity index (χ1v) is 4.56. The van der Waals surface area contributed by atoms with Crippen molar-refractivity contribution in [3.8, 4) is 0 Å². The van der Waals surface area contributed by atoms with Crippen LogP contribution in [0, 0.1) is 11.8 Å². The highest BCUT2D eigenvalue weighted by molar-refractivity contribution is 4.74. The molecule has 11 heavy (non-hydrogen) atoms. The fraction of sp³-hybridized carbons (Fsp3) is 1.00. The number of hydrogen-bond donors (Lipinski definition) is 0. The summed E-state index contributed by atoms with van der Waals surface area (Å²) in [5.41, 5.74) is 0. The third kappa shape index (κ3) is 2.48. The Labute approximate surface area is 74.3 Å². The average Bonchev–Trinajstić information content (AvgIpc) is 2.02. The van der Waals surface area contributed by atoms with Gasteiger partial charge in [-0.1, -0.05) is 13.8 Å². The van der Waals surface area contributed by atoms with Crippen LogP contribution in [0.25, 0.3) is 0 Å². The first-order chi connectivity index (χ1) is 6.38. The summed E-state index contributed by atoms with van der Waals surface area (Å²) in [5, 5.41) is 0. The van der Waals surface area contributed by atoms with E-state index in [1.807, 2.05) is 0 Å². The molecule has 1 heteroatoms. The van der Waals surface area contributed by atoms with Gasteiger partial charge in [0.05, 0.1) is 10.2 Å². The van der Waals surface area contributed by atoms with E-state index in [9.17, 15) is 0 Å². The Balaban J connectivity index is 2.29. The highest BCUT2D eigenvalue weighted by Gasteiger charge is 2.22. The molecule has 1 rings (SSSR count). The van der Waals surface area contributed by atoms with Crippen molar-refractivity contribution in [2.75, 3.05) is 7.04 Å². The van der Waals surface area contributed by atoms with E-state index in [-0.39, 0.29) is 6.10 Å². The highest BCUT2D eigenvalue weighted by Crippen LogP contribution is 2.30. The van der Waals surface area contributed by atoms with Gasteiger partial charge in [0.25, 0.3) is 0 Å². The minimum absolute atomic E-state index is 0.0440. The maximum absolute atomic E-state index is 7.01. The van der Waals surface area contributed by atoms with Crippen molar-refractivity contribution in [1.29, 1.82) is 0 Å². The fourth-order valence-electron chi connectivity index (χ4n) is 1.87. The quantitative estimate of drug-likeness (QED) is 0.602. The van der Waals surface area contributed by atoms with Crippen LogP contribution in [0.5, 0.6) is 0 Å². The summed E-state index contributed by atoms with van der Waals surface area (Å²) in [6.45, 7) is 4.46. The van der Waals surface area contributed by atoms with Gasteiger partial charge >= 0.3 is 0 Å². The van der Waals surface area contributed by atoms with Gasteiger partial charge in [-0.05, 0) is 37.5 Å². The standard InChI is InChI=1S/C10H20O/c1-8(2)9-4-6-10(11-3)7-5-9/h8-10H,4-7H2,1-3H3/i3D3. The van der Waals surface area contributed by atoms with Crippen molar-refractivity contribution >= 4 is 0 Å². The Morgan fingerprint density at radius 1 is 1.27 bits per heavy atom. The average molecular weight is 159 g/mol. The summed E-state index contributed by atoms with van der Waals surface area (Å²) in [4.78, 5) is 0. The van der Waals surface area contributed by atoms with Gasteiger partial charge in [-0.25, -0.2) is 0 Å². The smallest absolute Gasteiger partial charge is 0.0571 e. The summed E-state index contributed by atoms with van der Waals surface area (Å²) in [6.07, 6.45) is 3.98. The van der Waals surface area contributed by atoms with Crippen LogP contribution in [0.1, 0.15) is 43.6 Å². The van der Waals surface area contributed by atoms with E-state index in [1.165, 1.54) is 0 Å². The predicted molar refractivity (Wildman–Crippen MR) is 47.6 cm³/mol. The molecule has 1 saturated carbocycles. The second kappa shape index (κ2) is 4.10. The minimum atomic E-state index is -2.21. The molecular formula is C10H20O. The molecule has 1 aliphatic carbocycles. The van der Waals surface area contributed by atoms with E-state index in [2.05, 4.69) is 13.8 Å². The summed E-state index contributed by atoms with van der Waals surface area (Å²) in [5.74, 6) is 1.47. The van der Waals surface area contributed by atoms with Gasteiger partial charge in [-0.3, -0.25) is 0 Å². The van der Waals surface area contributed by atoms with Crippen molar-refractivity contribution in [3.63, 3.8) is 0 Å². The molecule has 0 atom stereocenters. The minimum Gasteiger partial charge on any atom is -0.381 e. The molecule has 1 nitrogen and oxygen atoms in total. The SMILES string of the molecule is [2H]C([2H])([2H])OC1CCC(C(C)C)CC1. The van der Waals surface area contributed by atoms with Crippen LogP contribution in [-0.4, -0.2) is 13.1 Å². The summed E-state index contributed by atoms with van der Waals surface area (Å²) in [6, 6.07) is 0. The van der Waals surface area contributed by atoms with Crippen molar-refractivity contribution in [2.24, 2.45) is 11.8 Å². The summed E-state index contributed by atoms with van der Waals surface area (Å²) < 4.78 is 26.0. The molecular weight excluding hydrogens is 136 g/mol. The van der Waals surface area contributed by atoms with Crippen LogP contribution in [0.3, 0.4) is 0 Å². The lowest BCUT2D eigenvalue weighted by Gasteiger charge is -2.29. The van der Waals surface area contributed by atoms with Crippen LogP contribution in [0.15, 0.2) is 0 Å². The molecule has 0 spiro atoms. The maximum atomic E-state index is 7.01. The summed E-state index contributed by atoms with van der Waals surface area (Å²) in [7, 11) is -2.21. The molecule has 0 aromatic rings. The lowest BCUT2D eigenvalue weighted by atomic mass is 9.80. The Kier molecular flexibility index (Phi) is 2.08. The Morgan fingerprint density at radius 3 is 2.36 bits per heavy atom. The molecule has 0 aliphatic heterocycles. The molecule has 0 aromatic heterocycles. The first-order valence-electron chi connectivity index (χ1n) is 6.06. The topological polar surface area (TPSA) is 9.23 Å². The predicted octanol–water partition coefficient (Wildman–Crippen LogP) is 2.85. The zero-order valence-electron chi connectivity index (χ0n) is 10.5. The zero-order valence-corrected chi connectivity index (χ0v) is 7.47. The van der Waals surface area contributed by atoms with Gasteiger partial charge < -0.3 is 4.74 Å². The zero-order chi connectivity index (χ0) is 10.8. The van der Waals surface area contributed by atoms with E-state index in [0.29, 0.717) is 5.92 Å². The molecule has 0 aromatic carbocycles. The Hall–Kier alpha value is -0.0400. The van der Waals surface area contributed by atoms with Crippen molar-refractivity contribution in [3.05, 3.63) is 0 Å². The normalized spacial score (nSPS) is 37.9. The lowest BCUT2D eigenvalue weighted by molar-refractivity contribution is 0.0495. The Bertz CT molecular complexity index is 169. The van der Waals surface area contributed by atoms with Gasteiger partial charge in [0.15, 0.2) is 0 Å². The molecule has 0 bridgehead atoms. The van der Waals surface area contributed by atoms with E-state index in [4.69, 9.17) is 8.85 Å². The van der Waals surface area contributed by atoms with Gasteiger partial charge in [-0.2, -0.15) is 0 Å². The number of methoxy groups -OCH3 is 1. The largest absolute Gasteiger partial charge is 0.381 e. The molecule has 0 N–H and O–H groups in total. The van der Waals surface area contributed by atoms with Crippen LogP contribution in [0.4, 0.5) is 0 Å². The molecule has 1 fully saturated rings. The Morgan fingerprint density at radius 2 is 1.91 bits per heavy atom. The maximum Gasteiger partial charge on any atom is 0.0571 e. The van der Waals surface area contributed by atoms with Crippen molar-refractivity contribution < 1.29 is 8.85 Å². The monoisotopic (exact) mass is 159 g/mol. The van der Waals surface area contributed by atoms with Crippen molar-refractivity contribution in [2.45, 2.75) is 45.6 Å². The van der Waals surface area contributed by atoms with Crippen LogP contribution < -0.4 is 0 Å². The van der Waals surface area contributed by atoms with Gasteiger partial charge in [0, 0.05) is 7.04 Å². The van der Waals surface area contributed by atoms with Crippen molar-refractivity contribution in [1.82, 2.24) is 0 Å². The lowest BCUT2D eigenvalue weighted by Crippen LogP contribution is -2.23. The molecule has 66 valence electrons. The van der Waals surface area contributed by atoms with E-state index < -0.39 is 7.04 Å². The van der Waals surface area contributed by atoms with Crippen LogP contribution in [-0.2, 0) is 4.74 Å². The molecule has 1 aliphatic rings.